The van der Waals surface area contributed by atoms with Crippen LogP contribution in [0.2, 0.25) is 0 Å². The van der Waals surface area contributed by atoms with Crippen molar-refractivity contribution in [3.63, 3.8) is 0 Å². The quantitative estimate of drug-likeness (QED) is 0.814. The van der Waals surface area contributed by atoms with E-state index in [1.54, 1.807) is 12.1 Å². The molecule has 1 fully saturated rings. The number of alkyl halides is 3. The molecule has 1 aromatic carbocycles. The molecule has 1 aliphatic rings. The lowest BCUT2D eigenvalue weighted by molar-refractivity contribution is -0.137. The average Bonchev–Trinajstić information content (AvgIpc) is 3.21. The number of benzene rings is 1. The average molecular weight is 296 g/mol. The first-order chi connectivity index (χ1) is 9.43. The summed E-state index contributed by atoms with van der Waals surface area (Å²) in [5.74, 6) is 1.13. The summed E-state index contributed by atoms with van der Waals surface area (Å²) in [6.45, 7) is 0. The third kappa shape index (κ3) is 2.75. The van der Waals surface area contributed by atoms with Gasteiger partial charge in [0.2, 0.25) is 0 Å². The molecule has 1 aliphatic carbocycles. The van der Waals surface area contributed by atoms with E-state index in [0.29, 0.717) is 21.8 Å². The number of H-pyrrole nitrogens is 1. The van der Waals surface area contributed by atoms with Crippen LogP contribution in [0.5, 0.6) is 0 Å². The van der Waals surface area contributed by atoms with Crippen LogP contribution in [0, 0.1) is 4.64 Å². The maximum Gasteiger partial charge on any atom is 0.416 e. The molecule has 0 radical (unpaired) electrons. The second-order valence-electron chi connectivity index (χ2n) is 4.87. The number of hydrogen-bond acceptors (Lipinski definition) is 2. The molecule has 1 saturated carbocycles. The van der Waals surface area contributed by atoms with Crippen LogP contribution in [0.15, 0.2) is 30.3 Å². The second kappa shape index (κ2) is 4.70. The van der Waals surface area contributed by atoms with Gasteiger partial charge >= 0.3 is 6.18 Å². The first-order valence-electron chi connectivity index (χ1n) is 6.22. The molecule has 0 saturated heterocycles. The van der Waals surface area contributed by atoms with E-state index in [4.69, 9.17) is 12.2 Å². The van der Waals surface area contributed by atoms with Crippen molar-refractivity contribution in [1.29, 1.82) is 0 Å². The molecule has 0 unspecified atom stereocenters. The molecule has 0 aliphatic heterocycles. The minimum atomic E-state index is -4.35. The molecule has 1 N–H and O–H groups in total. The van der Waals surface area contributed by atoms with Crippen LogP contribution in [-0.4, -0.2) is 9.97 Å². The second-order valence-corrected chi connectivity index (χ2v) is 5.29. The van der Waals surface area contributed by atoms with Crippen molar-refractivity contribution in [2.45, 2.75) is 24.9 Å². The third-order valence-electron chi connectivity index (χ3n) is 3.23. The van der Waals surface area contributed by atoms with Crippen LogP contribution in [-0.2, 0) is 6.18 Å². The normalized spacial score (nSPS) is 15.3. The molecule has 3 rings (SSSR count). The molecular formula is C14H11F3N2S. The molecule has 2 aromatic rings. The fraction of sp³-hybridized carbons (Fsp3) is 0.286. The smallest absolute Gasteiger partial charge is 0.343 e. The molecule has 0 amide bonds. The van der Waals surface area contributed by atoms with Crippen molar-refractivity contribution in [3.8, 4) is 11.3 Å². The van der Waals surface area contributed by atoms with Gasteiger partial charge in [-0.05, 0) is 36.6 Å². The van der Waals surface area contributed by atoms with Gasteiger partial charge in [0.25, 0.3) is 0 Å². The fourth-order valence-corrected chi connectivity index (χ4v) is 2.26. The first kappa shape index (κ1) is 13.3. The standard InChI is InChI=1S/C14H11F3N2S/c15-14(16,17)10-3-1-2-9(6-10)11-7-12(20)19-13(18-11)8-4-5-8/h1-3,6-8H,4-5H2,(H,18,19,20). The van der Waals surface area contributed by atoms with Crippen LogP contribution in [0.3, 0.4) is 0 Å². The van der Waals surface area contributed by atoms with Crippen LogP contribution < -0.4 is 0 Å². The molecule has 1 aromatic heterocycles. The Hall–Kier alpha value is -1.69. The molecule has 1 heterocycles. The van der Waals surface area contributed by atoms with Crippen LogP contribution in [0.4, 0.5) is 13.2 Å². The molecule has 20 heavy (non-hydrogen) atoms. The Bertz CT molecular complexity index is 702. The van der Waals surface area contributed by atoms with Gasteiger partial charge in [-0.25, -0.2) is 4.98 Å². The zero-order valence-electron chi connectivity index (χ0n) is 10.4. The van der Waals surface area contributed by atoms with E-state index in [1.807, 2.05) is 0 Å². The van der Waals surface area contributed by atoms with Crippen LogP contribution in [0.25, 0.3) is 11.3 Å². The van der Waals surface area contributed by atoms with Crippen molar-refractivity contribution in [1.82, 2.24) is 9.97 Å². The molecular weight excluding hydrogens is 285 g/mol. The molecule has 0 spiro atoms. The highest BCUT2D eigenvalue weighted by molar-refractivity contribution is 7.71. The monoisotopic (exact) mass is 296 g/mol. The number of aromatic nitrogens is 2. The topological polar surface area (TPSA) is 28.7 Å². The molecule has 0 atom stereocenters. The van der Waals surface area contributed by atoms with Crippen LogP contribution >= 0.6 is 12.2 Å². The Morgan fingerprint density at radius 2 is 1.95 bits per heavy atom. The van der Waals surface area contributed by atoms with E-state index < -0.39 is 11.7 Å². The molecule has 104 valence electrons. The molecule has 6 heteroatoms. The summed E-state index contributed by atoms with van der Waals surface area (Å²) >= 11 is 5.09. The summed E-state index contributed by atoms with van der Waals surface area (Å²) in [6, 6.07) is 6.80. The lowest BCUT2D eigenvalue weighted by atomic mass is 10.1. The number of nitrogens with zero attached hydrogens (tertiary/aromatic N) is 1. The predicted octanol–water partition coefficient (Wildman–Crippen LogP) is 4.70. The Balaban J connectivity index is 2.06. The molecule has 0 bridgehead atoms. The zero-order chi connectivity index (χ0) is 14.3. The Labute approximate surface area is 118 Å². The Kier molecular flexibility index (Phi) is 3.12. The summed E-state index contributed by atoms with van der Waals surface area (Å²) in [7, 11) is 0. The van der Waals surface area contributed by atoms with Gasteiger partial charge in [-0.3, -0.25) is 0 Å². The van der Waals surface area contributed by atoms with Crippen molar-refractivity contribution in [2.24, 2.45) is 0 Å². The largest absolute Gasteiger partial charge is 0.416 e. The van der Waals surface area contributed by atoms with Crippen molar-refractivity contribution in [2.75, 3.05) is 0 Å². The lowest BCUT2D eigenvalue weighted by Crippen LogP contribution is -2.05. The highest BCUT2D eigenvalue weighted by Crippen LogP contribution is 2.38. The number of rotatable bonds is 2. The van der Waals surface area contributed by atoms with E-state index >= 15 is 0 Å². The number of halogens is 3. The van der Waals surface area contributed by atoms with Gasteiger partial charge in [0, 0.05) is 11.6 Å². The highest BCUT2D eigenvalue weighted by atomic mass is 32.1. The summed E-state index contributed by atoms with van der Waals surface area (Å²) < 4.78 is 38.6. The summed E-state index contributed by atoms with van der Waals surface area (Å²) in [6.07, 6.45) is -2.26. The van der Waals surface area contributed by atoms with E-state index in [2.05, 4.69) is 9.97 Å². The molecule has 2 nitrogen and oxygen atoms in total. The zero-order valence-corrected chi connectivity index (χ0v) is 11.2. The van der Waals surface area contributed by atoms with E-state index in [-0.39, 0.29) is 0 Å². The summed E-state index contributed by atoms with van der Waals surface area (Å²) in [4.78, 5) is 7.33. The third-order valence-corrected chi connectivity index (χ3v) is 3.44. The Morgan fingerprint density at radius 1 is 1.20 bits per heavy atom. The van der Waals surface area contributed by atoms with Gasteiger partial charge in [-0.1, -0.05) is 24.4 Å². The van der Waals surface area contributed by atoms with Gasteiger partial charge in [-0.2, -0.15) is 13.2 Å². The maximum atomic E-state index is 12.7. The van der Waals surface area contributed by atoms with Crippen molar-refractivity contribution >= 4 is 12.2 Å². The summed E-state index contributed by atoms with van der Waals surface area (Å²) in [5.41, 5.74) is 0.382. The van der Waals surface area contributed by atoms with Gasteiger partial charge in [0.15, 0.2) is 0 Å². The van der Waals surface area contributed by atoms with E-state index in [0.717, 1.165) is 30.8 Å². The van der Waals surface area contributed by atoms with Crippen molar-refractivity contribution < 1.29 is 13.2 Å². The van der Waals surface area contributed by atoms with Gasteiger partial charge in [0.1, 0.15) is 10.5 Å². The first-order valence-corrected chi connectivity index (χ1v) is 6.63. The minimum absolute atomic E-state index is 0.363. The van der Waals surface area contributed by atoms with E-state index in [9.17, 15) is 13.2 Å². The predicted molar refractivity (Wildman–Crippen MR) is 71.8 cm³/mol. The maximum absolute atomic E-state index is 12.7. The number of nitrogens with one attached hydrogen (secondary N) is 1. The van der Waals surface area contributed by atoms with Crippen molar-refractivity contribution in [3.05, 3.63) is 46.4 Å². The van der Waals surface area contributed by atoms with Crippen LogP contribution in [0.1, 0.15) is 30.1 Å². The van der Waals surface area contributed by atoms with Gasteiger partial charge < -0.3 is 4.98 Å². The Morgan fingerprint density at radius 3 is 2.60 bits per heavy atom. The van der Waals surface area contributed by atoms with Gasteiger partial charge in [-0.15, -0.1) is 0 Å². The highest BCUT2D eigenvalue weighted by Gasteiger charge is 2.30. The lowest BCUT2D eigenvalue weighted by Gasteiger charge is -2.10. The minimum Gasteiger partial charge on any atom is -0.343 e. The number of hydrogen-bond donors (Lipinski definition) is 1. The fourth-order valence-electron chi connectivity index (χ4n) is 2.05. The van der Waals surface area contributed by atoms with Gasteiger partial charge in [0.05, 0.1) is 5.56 Å². The number of aromatic amines is 1. The summed E-state index contributed by atoms with van der Waals surface area (Å²) in [5, 5.41) is 0. The van der Waals surface area contributed by atoms with E-state index in [1.165, 1.54) is 6.07 Å². The SMILES string of the molecule is FC(F)(F)c1cccc(-c2cc(=S)nc(C3CC3)[nH]2)c1.